The SMILES string of the molecule is NC(=O)C(N)CNc1cc(Cl)ccc1F. The maximum Gasteiger partial charge on any atom is 0.236 e. The minimum absolute atomic E-state index is 0.0621. The van der Waals surface area contributed by atoms with Crippen LogP contribution < -0.4 is 16.8 Å². The summed E-state index contributed by atoms with van der Waals surface area (Å²) >= 11 is 5.67. The lowest BCUT2D eigenvalue weighted by molar-refractivity contribution is -0.118. The predicted molar refractivity (Wildman–Crippen MR) is 57.1 cm³/mol. The fourth-order valence-corrected chi connectivity index (χ4v) is 1.13. The van der Waals surface area contributed by atoms with E-state index in [1.807, 2.05) is 0 Å². The number of halogens is 2. The first-order valence-corrected chi connectivity index (χ1v) is 4.62. The summed E-state index contributed by atoms with van der Waals surface area (Å²) in [7, 11) is 0. The van der Waals surface area contributed by atoms with E-state index in [1.54, 1.807) is 0 Å². The number of primary amides is 1. The van der Waals surface area contributed by atoms with Gasteiger partial charge in [-0.15, -0.1) is 0 Å². The molecule has 0 aromatic heterocycles. The van der Waals surface area contributed by atoms with Crippen LogP contribution in [0.25, 0.3) is 0 Å². The zero-order valence-corrected chi connectivity index (χ0v) is 8.59. The van der Waals surface area contributed by atoms with Gasteiger partial charge < -0.3 is 16.8 Å². The maximum absolute atomic E-state index is 13.1. The minimum Gasteiger partial charge on any atom is -0.381 e. The molecule has 1 aromatic rings. The van der Waals surface area contributed by atoms with Crippen molar-refractivity contribution in [1.29, 1.82) is 0 Å². The van der Waals surface area contributed by atoms with Gasteiger partial charge in [-0.1, -0.05) is 11.6 Å². The van der Waals surface area contributed by atoms with Gasteiger partial charge in [0, 0.05) is 11.6 Å². The Morgan fingerprint density at radius 2 is 2.27 bits per heavy atom. The van der Waals surface area contributed by atoms with Crippen molar-refractivity contribution in [3.8, 4) is 0 Å². The van der Waals surface area contributed by atoms with Gasteiger partial charge in [0.05, 0.1) is 5.69 Å². The first kappa shape index (κ1) is 11.7. The quantitative estimate of drug-likeness (QED) is 0.714. The molecule has 0 spiro atoms. The Bertz CT molecular complexity index is 372. The number of carbonyl (C=O) groups excluding carboxylic acids is 1. The van der Waals surface area contributed by atoms with Gasteiger partial charge in [-0.25, -0.2) is 4.39 Å². The van der Waals surface area contributed by atoms with Gasteiger partial charge in [-0.2, -0.15) is 0 Å². The van der Waals surface area contributed by atoms with Crippen LogP contribution in [0.5, 0.6) is 0 Å². The highest BCUT2D eigenvalue weighted by Crippen LogP contribution is 2.19. The van der Waals surface area contributed by atoms with Crippen molar-refractivity contribution >= 4 is 23.2 Å². The lowest BCUT2D eigenvalue weighted by Crippen LogP contribution is -2.41. The lowest BCUT2D eigenvalue weighted by atomic mass is 10.2. The van der Waals surface area contributed by atoms with Gasteiger partial charge in [0.1, 0.15) is 11.9 Å². The Balaban J connectivity index is 2.65. The standard InChI is InChI=1S/C9H11ClFN3O/c10-5-1-2-6(11)8(3-5)14-4-7(12)9(13)15/h1-3,7,14H,4,12H2,(H2,13,15). The van der Waals surface area contributed by atoms with E-state index < -0.39 is 17.8 Å². The smallest absolute Gasteiger partial charge is 0.236 e. The zero-order chi connectivity index (χ0) is 11.4. The van der Waals surface area contributed by atoms with Crippen LogP contribution in [0.2, 0.25) is 5.02 Å². The number of amides is 1. The average molecular weight is 232 g/mol. The summed E-state index contributed by atoms with van der Waals surface area (Å²) in [6.07, 6.45) is 0. The number of anilines is 1. The molecule has 0 aliphatic carbocycles. The molecule has 0 aliphatic rings. The Morgan fingerprint density at radius 3 is 2.87 bits per heavy atom. The molecule has 1 unspecified atom stereocenters. The molecule has 0 heterocycles. The second-order valence-electron chi connectivity index (χ2n) is 3.01. The van der Waals surface area contributed by atoms with Gasteiger partial charge in [0.2, 0.25) is 5.91 Å². The molecule has 15 heavy (non-hydrogen) atoms. The molecule has 1 rings (SSSR count). The fraction of sp³-hybridized carbons (Fsp3) is 0.222. The third-order valence-electron chi connectivity index (χ3n) is 1.81. The van der Waals surface area contributed by atoms with Crippen LogP contribution in [-0.2, 0) is 4.79 Å². The summed E-state index contributed by atoms with van der Waals surface area (Å²) in [4.78, 5) is 10.6. The summed E-state index contributed by atoms with van der Waals surface area (Å²) in [6.45, 7) is 0.0621. The summed E-state index contributed by atoms with van der Waals surface area (Å²) in [5.41, 5.74) is 10.5. The molecule has 0 bridgehead atoms. The minimum atomic E-state index is -0.858. The van der Waals surface area contributed by atoms with Crippen molar-refractivity contribution in [2.24, 2.45) is 11.5 Å². The van der Waals surface area contributed by atoms with Gasteiger partial charge >= 0.3 is 0 Å². The van der Waals surface area contributed by atoms with Crippen molar-refractivity contribution in [2.45, 2.75) is 6.04 Å². The summed E-state index contributed by atoms with van der Waals surface area (Å²) in [6, 6.07) is 3.20. The highest BCUT2D eigenvalue weighted by Gasteiger charge is 2.10. The summed E-state index contributed by atoms with van der Waals surface area (Å²) < 4.78 is 13.1. The van der Waals surface area contributed by atoms with Crippen LogP contribution in [0.15, 0.2) is 18.2 Å². The van der Waals surface area contributed by atoms with Gasteiger partial charge in [-0.3, -0.25) is 4.79 Å². The van der Waals surface area contributed by atoms with Crippen LogP contribution in [0.4, 0.5) is 10.1 Å². The van der Waals surface area contributed by atoms with Crippen LogP contribution in [0.3, 0.4) is 0 Å². The highest BCUT2D eigenvalue weighted by atomic mass is 35.5. The molecule has 5 N–H and O–H groups in total. The van der Waals surface area contributed by atoms with Crippen LogP contribution in [0.1, 0.15) is 0 Å². The topological polar surface area (TPSA) is 81.1 Å². The van der Waals surface area contributed by atoms with E-state index in [4.69, 9.17) is 23.1 Å². The van der Waals surface area contributed by atoms with E-state index >= 15 is 0 Å². The average Bonchev–Trinajstić information content (AvgIpc) is 2.18. The van der Waals surface area contributed by atoms with Crippen molar-refractivity contribution in [2.75, 3.05) is 11.9 Å². The van der Waals surface area contributed by atoms with E-state index in [1.165, 1.54) is 18.2 Å². The van der Waals surface area contributed by atoms with Gasteiger partial charge in [0.15, 0.2) is 0 Å². The number of nitrogens with one attached hydrogen (secondary N) is 1. The molecular formula is C9H11ClFN3O. The van der Waals surface area contributed by atoms with Crippen molar-refractivity contribution < 1.29 is 9.18 Å². The first-order chi connectivity index (χ1) is 7.00. The van der Waals surface area contributed by atoms with E-state index in [9.17, 15) is 9.18 Å². The normalized spacial score (nSPS) is 12.2. The molecular weight excluding hydrogens is 221 g/mol. The molecule has 6 heteroatoms. The number of rotatable bonds is 4. The fourth-order valence-electron chi connectivity index (χ4n) is 0.953. The molecule has 1 atom stereocenters. The Morgan fingerprint density at radius 1 is 1.60 bits per heavy atom. The number of hydrogen-bond donors (Lipinski definition) is 3. The van der Waals surface area contributed by atoms with E-state index in [2.05, 4.69) is 5.32 Å². The molecule has 82 valence electrons. The molecule has 0 saturated heterocycles. The van der Waals surface area contributed by atoms with E-state index in [0.717, 1.165) is 0 Å². The predicted octanol–water partition coefficient (Wildman–Crippen LogP) is 0.704. The molecule has 4 nitrogen and oxygen atoms in total. The second-order valence-corrected chi connectivity index (χ2v) is 3.45. The van der Waals surface area contributed by atoms with Gasteiger partial charge in [0.25, 0.3) is 0 Å². The number of carbonyl (C=O) groups is 1. The van der Waals surface area contributed by atoms with Crippen molar-refractivity contribution in [3.05, 3.63) is 29.0 Å². The Kier molecular flexibility index (Phi) is 3.88. The zero-order valence-electron chi connectivity index (χ0n) is 7.84. The third kappa shape index (κ3) is 3.38. The molecule has 1 aromatic carbocycles. The van der Waals surface area contributed by atoms with Crippen molar-refractivity contribution in [3.63, 3.8) is 0 Å². The number of nitrogens with two attached hydrogens (primary N) is 2. The maximum atomic E-state index is 13.1. The van der Waals surface area contributed by atoms with Crippen LogP contribution in [0, 0.1) is 5.82 Å². The van der Waals surface area contributed by atoms with Crippen molar-refractivity contribution in [1.82, 2.24) is 0 Å². The number of hydrogen-bond acceptors (Lipinski definition) is 3. The lowest BCUT2D eigenvalue weighted by Gasteiger charge is -2.11. The summed E-state index contributed by atoms with van der Waals surface area (Å²) in [5.74, 6) is -1.11. The molecule has 0 radical (unpaired) electrons. The largest absolute Gasteiger partial charge is 0.381 e. The molecule has 0 fully saturated rings. The van der Waals surface area contributed by atoms with Crippen LogP contribution >= 0.6 is 11.6 Å². The van der Waals surface area contributed by atoms with E-state index in [0.29, 0.717) is 5.02 Å². The highest BCUT2D eigenvalue weighted by molar-refractivity contribution is 6.30. The molecule has 0 saturated carbocycles. The number of benzene rings is 1. The Labute approximate surface area is 91.4 Å². The molecule has 1 amide bonds. The van der Waals surface area contributed by atoms with Crippen LogP contribution in [-0.4, -0.2) is 18.5 Å². The summed E-state index contributed by atoms with van der Waals surface area (Å²) in [5, 5.41) is 3.04. The van der Waals surface area contributed by atoms with E-state index in [-0.39, 0.29) is 12.2 Å². The molecule has 0 aliphatic heterocycles. The second kappa shape index (κ2) is 4.95. The monoisotopic (exact) mass is 231 g/mol. The Hall–Kier alpha value is -1.33. The van der Waals surface area contributed by atoms with Gasteiger partial charge in [-0.05, 0) is 18.2 Å². The third-order valence-corrected chi connectivity index (χ3v) is 2.04. The first-order valence-electron chi connectivity index (χ1n) is 4.24.